The van der Waals surface area contributed by atoms with Crippen LogP contribution in [0.4, 0.5) is 4.79 Å². The molecule has 0 aromatic rings. The maximum atomic E-state index is 11.7. The number of aliphatic carboxylic acids is 1. The number of rotatable bonds is 3. The van der Waals surface area contributed by atoms with Crippen LogP contribution in [0, 0.1) is 5.92 Å². The van der Waals surface area contributed by atoms with Crippen LogP contribution in [-0.4, -0.2) is 54.2 Å². The van der Waals surface area contributed by atoms with E-state index in [1.807, 2.05) is 0 Å². The zero-order chi connectivity index (χ0) is 12.1. The fraction of sp³-hybridized carbons (Fsp3) is 0.800. The highest BCUT2D eigenvalue weighted by Gasteiger charge is 2.26. The normalized spacial score (nSPS) is 18.3. The molecular formula is C10H19N3O3. The molecule has 0 bridgehead atoms. The van der Waals surface area contributed by atoms with Crippen molar-refractivity contribution < 1.29 is 14.7 Å². The standard InChI is InChI=1S/C10H19N3O3/c1-7(2)8(9(14)15)12-10(16)13-5-3-11-4-6-13/h7-8,11H,3-6H2,1-2H3,(H,12,16)(H,14,15)/t8-/m0/s1. The Balaban J connectivity index is 2.50. The number of piperazine rings is 1. The van der Waals surface area contributed by atoms with E-state index in [4.69, 9.17) is 5.11 Å². The van der Waals surface area contributed by atoms with Gasteiger partial charge in [0.05, 0.1) is 0 Å². The van der Waals surface area contributed by atoms with E-state index in [-0.39, 0.29) is 11.9 Å². The molecule has 0 aromatic carbocycles. The summed E-state index contributed by atoms with van der Waals surface area (Å²) < 4.78 is 0. The number of hydrogen-bond acceptors (Lipinski definition) is 3. The Bertz CT molecular complexity index is 262. The van der Waals surface area contributed by atoms with Crippen molar-refractivity contribution in [3.05, 3.63) is 0 Å². The molecule has 0 saturated carbocycles. The molecule has 0 unspecified atom stereocenters. The van der Waals surface area contributed by atoms with Crippen LogP contribution in [0.15, 0.2) is 0 Å². The van der Waals surface area contributed by atoms with E-state index in [0.717, 1.165) is 13.1 Å². The minimum Gasteiger partial charge on any atom is -0.480 e. The number of hydrogen-bond donors (Lipinski definition) is 3. The number of urea groups is 1. The van der Waals surface area contributed by atoms with Crippen molar-refractivity contribution in [1.29, 1.82) is 0 Å². The van der Waals surface area contributed by atoms with Crippen LogP contribution in [-0.2, 0) is 4.79 Å². The van der Waals surface area contributed by atoms with Gasteiger partial charge in [0.15, 0.2) is 0 Å². The Morgan fingerprint density at radius 2 is 1.88 bits per heavy atom. The summed E-state index contributed by atoms with van der Waals surface area (Å²) >= 11 is 0. The van der Waals surface area contributed by atoms with Gasteiger partial charge in [-0.15, -0.1) is 0 Å². The van der Waals surface area contributed by atoms with Gasteiger partial charge in [0.25, 0.3) is 0 Å². The molecule has 92 valence electrons. The predicted molar refractivity (Wildman–Crippen MR) is 59.2 cm³/mol. The van der Waals surface area contributed by atoms with Gasteiger partial charge in [0, 0.05) is 26.2 Å². The molecule has 1 aliphatic heterocycles. The van der Waals surface area contributed by atoms with Gasteiger partial charge >= 0.3 is 12.0 Å². The summed E-state index contributed by atoms with van der Waals surface area (Å²) in [6.07, 6.45) is 0. The lowest BCUT2D eigenvalue weighted by Gasteiger charge is -2.29. The summed E-state index contributed by atoms with van der Waals surface area (Å²) in [5.74, 6) is -1.11. The van der Waals surface area contributed by atoms with E-state index in [1.54, 1.807) is 18.7 Å². The van der Waals surface area contributed by atoms with Crippen LogP contribution in [0.5, 0.6) is 0 Å². The van der Waals surface area contributed by atoms with Crippen LogP contribution in [0.2, 0.25) is 0 Å². The molecule has 0 radical (unpaired) electrons. The molecule has 1 aliphatic rings. The van der Waals surface area contributed by atoms with Crippen LogP contribution in [0.1, 0.15) is 13.8 Å². The van der Waals surface area contributed by atoms with Gasteiger partial charge < -0.3 is 20.6 Å². The highest BCUT2D eigenvalue weighted by molar-refractivity contribution is 5.82. The van der Waals surface area contributed by atoms with Crippen molar-refractivity contribution in [2.45, 2.75) is 19.9 Å². The molecule has 1 heterocycles. The number of carbonyl (C=O) groups is 2. The zero-order valence-corrected chi connectivity index (χ0v) is 9.69. The van der Waals surface area contributed by atoms with Crippen molar-refractivity contribution in [2.24, 2.45) is 5.92 Å². The van der Waals surface area contributed by atoms with Crippen LogP contribution in [0.25, 0.3) is 0 Å². The largest absolute Gasteiger partial charge is 0.480 e. The monoisotopic (exact) mass is 229 g/mol. The molecule has 0 aliphatic carbocycles. The second-order valence-electron chi connectivity index (χ2n) is 4.25. The second kappa shape index (κ2) is 5.69. The lowest BCUT2D eigenvalue weighted by Crippen LogP contribution is -2.54. The van der Waals surface area contributed by atoms with Crippen molar-refractivity contribution >= 4 is 12.0 Å². The van der Waals surface area contributed by atoms with E-state index in [2.05, 4.69) is 10.6 Å². The quantitative estimate of drug-likeness (QED) is 0.621. The van der Waals surface area contributed by atoms with Crippen LogP contribution >= 0.6 is 0 Å². The molecule has 1 saturated heterocycles. The first-order chi connectivity index (χ1) is 7.52. The predicted octanol–water partition coefficient (Wildman–Crippen LogP) is -0.290. The highest BCUT2D eigenvalue weighted by atomic mass is 16.4. The molecule has 2 amide bonds. The Hall–Kier alpha value is -1.30. The van der Waals surface area contributed by atoms with Gasteiger partial charge in [-0.25, -0.2) is 9.59 Å². The Labute approximate surface area is 95.0 Å². The number of carboxylic acids is 1. The summed E-state index contributed by atoms with van der Waals surface area (Å²) in [4.78, 5) is 24.3. The summed E-state index contributed by atoms with van der Waals surface area (Å²) in [5, 5.41) is 14.6. The summed E-state index contributed by atoms with van der Waals surface area (Å²) in [6, 6.07) is -1.11. The van der Waals surface area contributed by atoms with Gasteiger partial charge in [0.2, 0.25) is 0 Å². The van der Waals surface area contributed by atoms with E-state index in [9.17, 15) is 9.59 Å². The Kier molecular flexibility index (Phi) is 4.54. The number of amides is 2. The average Bonchev–Trinajstić information content (AvgIpc) is 2.25. The summed E-state index contributed by atoms with van der Waals surface area (Å²) in [5.41, 5.74) is 0. The first kappa shape index (κ1) is 12.8. The van der Waals surface area contributed by atoms with Gasteiger partial charge in [-0.1, -0.05) is 13.8 Å². The fourth-order valence-electron chi connectivity index (χ4n) is 1.61. The van der Waals surface area contributed by atoms with E-state index < -0.39 is 12.0 Å². The molecule has 0 aromatic heterocycles. The van der Waals surface area contributed by atoms with Crippen LogP contribution in [0.3, 0.4) is 0 Å². The average molecular weight is 229 g/mol. The van der Waals surface area contributed by atoms with Crippen molar-refractivity contribution in [1.82, 2.24) is 15.5 Å². The first-order valence-corrected chi connectivity index (χ1v) is 5.51. The second-order valence-corrected chi connectivity index (χ2v) is 4.25. The number of nitrogens with zero attached hydrogens (tertiary/aromatic N) is 1. The SMILES string of the molecule is CC(C)[C@H](NC(=O)N1CCNCC1)C(=O)O. The topological polar surface area (TPSA) is 81.7 Å². The van der Waals surface area contributed by atoms with Crippen molar-refractivity contribution in [3.8, 4) is 0 Å². The van der Waals surface area contributed by atoms with Crippen molar-refractivity contribution in [2.75, 3.05) is 26.2 Å². The molecule has 1 rings (SSSR count). The van der Waals surface area contributed by atoms with Gasteiger partial charge in [-0.05, 0) is 5.92 Å². The smallest absolute Gasteiger partial charge is 0.326 e. The molecule has 1 atom stereocenters. The van der Waals surface area contributed by atoms with Crippen molar-refractivity contribution in [3.63, 3.8) is 0 Å². The number of nitrogens with one attached hydrogen (secondary N) is 2. The van der Waals surface area contributed by atoms with Crippen LogP contribution < -0.4 is 10.6 Å². The van der Waals surface area contributed by atoms with E-state index in [0.29, 0.717) is 13.1 Å². The maximum absolute atomic E-state index is 11.7. The summed E-state index contributed by atoms with van der Waals surface area (Å²) in [7, 11) is 0. The third-order valence-corrected chi connectivity index (χ3v) is 2.62. The molecule has 6 heteroatoms. The third-order valence-electron chi connectivity index (χ3n) is 2.62. The molecule has 1 fully saturated rings. The van der Waals surface area contributed by atoms with E-state index in [1.165, 1.54) is 0 Å². The minimum absolute atomic E-state index is 0.121. The maximum Gasteiger partial charge on any atom is 0.326 e. The fourth-order valence-corrected chi connectivity index (χ4v) is 1.61. The van der Waals surface area contributed by atoms with Gasteiger partial charge in [-0.2, -0.15) is 0 Å². The minimum atomic E-state index is -0.988. The first-order valence-electron chi connectivity index (χ1n) is 5.51. The third kappa shape index (κ3) is 3.37. The van der Waals surface area contributed by atoms with Gasteiger partial charge in [0.1, 0.15) is 6.04 Å². The number of carbonyl (C=O) groups excluding carboxylic acids is 1. The lowest BCUT2D eigenvalue weighted by atomic mass is 10.1. The lowest BCUT2D eigenvalue weighted by molar-refractivity contribution is -0.140. The zero-order valence-electron chi connectivity index (χ0n) is 9.69. The summed E-state index contributed by atoms with van der Waals surface area (Å²) in [6.45, 7) is 6.31. The Morgan fingerprint density at radius 3 is 2.31 bits per heavy atom. The molecule has 16 heavy (non-hydrogen) atoms. The Morgan fingerprint density at radius 1 is 1.31 bits per heavy atom. The van der Waals surface area contributed by atoms with Gasteiger partial charge in [-0.3, -0.25) is 0 Å². The molecule has 3 N–H and O–H groups in total. The molecule has 0 spiro atoms. The number of carboxylic acid groups (broad SMARTS) is 1. The molecule has 6 nitrogen and oxygen atoms in total. The highest BCUT2D eigenvalue weighted by Crippen LogP contribution is 2.03. The molecular weight excluding hydrogens is 210 g/mol. The van der Waals surface area contributed by atoms with E-state index >= 15 is 0 Å².